The molecule has 0 aliphatic heterocycles. The van der Waals surface area contributed by atoms with Crippen LogP contribution in [0.2, 0.25) is 0 Å². The van der Waals surface area contributed by atoms with E-state index in [0.717, 1.165) is 10.0 Å². The van der Waals surface area contributed by atoms with E-state index in [0.29, 0.717) is 10.6 Å². The van der Waals surface area contributed by atoms with Crippen molar-refractivity contribution in [3.8, 4) is 6.07 Å². The smallest absolute Gasteiger partial charge is 0.235 e. The molecule has 2 aromatic rings. The van der Waals surface area contributed by atoms with E-state index < -0.39 is 11.2 Å². The molecule has 1 amide bonds. The van der Waals surface area contributed by atoms with Crippen LogP contribution in [0.1, 0.15) is 16.4 Å². The number of pyridine rings is 1. The average molecular weight is 348 g/mol. The third-order valence-electron chi connectivity index (χ3n) is 2.53. The molecule has 1 atom stereocenters. The summed E-state index contributed by atoms with van der Waals surface area (Å²) < 4.78 is 0.930. The van der Waals surface area contributed by atoms with Gasteiger partial charge in [-0.05, 0) is 29.8 Å². The summed E-state index contributed by atoms with van der Waals surface area (Å²) >= 11 is 4.58. The summed E-state index contributed by atoms with van der Waals surface area (Å²) in [5.41, 5.74) is 6.76. The number of nitrogens with two attached hydrogens (primary N) is 1. The molecule has 0 saturated heterocycles. The number of hydrogen-bond acceptors (Lipinski definition) is 4. The number of primary amides is 1. The quantitative estimate of drug-likeness (QED) is 0.862. The van der Waals surface area contributed by atoms with Gasteiger partial charge in [-0.3, -0.25) is 4.79 Å². The maximum atomic E-state index is 11.6. The van der Waals surface area contributed by atoms with Gasteiger partial charge in [0, 0.05) is 10.7 Å². The number of rotatable bonds is 4. The number of nitriles is 1. The fraction of sp³-hybridized carbons (Fsp3) is 0.0714. The summed E-state index contributed by atoms with van der Waals surface area (Å²) in [5, 5.41) is 8.92. The molecule has 1 aromatic heterocycles. The zero-order valence-electron chi connectivity index (χ0n) is 10.3. The Morgan fingerprint density at radius 2 is 2.05 bits per heavy atom. The minimum Gasteiger partial charge on any atom is -0.368 e. The SMILES string of the molecule is N#Cc1ccnc(S[C@H](C(N)=O)c2ccc(Br)cc2)c1. The van der Waals surface area contributed by atoms with E-state index in [1.54, 1.807) is 18.3 Å². The van der Waals surface area contributed by atoms with Crippen LogP contribution < -0.4 is 5.73 Å². The number of benzene rings is 1. The van der Waals surface area contributed by atoms with Crippen LogP contribution in [0, 0.1) is 11.3 Å². The van der Waals surface area contributed by atoms with Crippen LogP contribution in [0.4, 0.5) is 0 Å². The summed E-state index contributed by atoms with van der Waals surface area (Å²) in [5.74, 6) is -0.443. The first-order valence-electron chi connectivity index (χ1n) is 5.68. The van der Waals surface area contributed by atoms with E-state index in [1.807, 2.05) is 30.3 Å². The van der Waals surface area contributed by atoms with E-state index in [9.17, 15) is 4.79 Å². The second-order valence-electron chi connectivity index (χ2n) is 3.95. The van der Waals surface area contributed by atoms with Gasteiger partial charge in [-0.25, -0.2) is 4.98 Å². The monoisotopic (exact) mass is 347 g/mol. The molecule has 0 unspecified atom stereocenters. The molecule has 2 N–H and O–H groups in total. The summed E-state index contributed by atoms with van der Waals surface area (Å²) in [7, 11) is 0. The summed E-state index contributed by atoms with van der Waals surface area (Å²) in [6.07, 6.45) is 1.54. The third kappa shape index (κ3) is 3.59. The molecular weight excluding hydrogens is 338 g/mol. The number of carbonyl (C=O) groups is 1. The largest absolute Gasteiger partial charge is 0.368 e. The molecule has 1 heterocycles. The van der Waals surface area contributed by atoms with Gasteiger partial charge in [-0.15, -0.1) is 0 Å². The van der Waals surface area contributed by atoms with Crippen LogP contribution >= 0.6 is 27.7 Å². The molecule has 0 radical (unpaired) electrons. The van der Waals surface area contributed by atoms with Crippen molar-refractivity contribution in [1.82, 2.24) is 4.98 Å². The van der Waals surface area contributed by atoms with Gasteiger partial charge in [0.25, 0.3) is 0 Å². The summed E-state index contributed by atoms with van der Waals surface area (Å²) in [6, 6.07) is 12.7. The minimum atomic E-state index is -0.537. The fourth-order valence-electron chi connectivity index (χ4n) is 1.59. The first kappa shape index (κ1) is 14.6. The molecule has 0 bridgehead atoms. The van der Waals surface area contributed by atoms with Gasteiger partial charge in [-0.2, -0.15) is 5.26 Å². The normalized spacial score (nSPS) is 11.6. The van der Waals surface area contributed by atoms with Crippen molar-refractivity contribution in [2.75, 3.05) is 0 Å². The second-order valence-corrected chi connectivity index (χ2v) is 5.99. The molecule has 6 heteroatoms. The summed E-state index contributed by atoms with van der Waals surface area (Å²) in [6.45, 7) is 0. The molecule has 0 aliphatic carbocycles. The Labute approximate surface area is 129 Å². The van der Waals surface area contributed by atoms with E-state index in [1.165, 1.54) is 11.8 Å². The number of hydrogen-bond donors (Lipinski definition) is 1. The van der Waals surface area contributed by atoms with Gasteiger partial charge in [0.1, 0.15) is 5.25 Å². The lowest BCUT2D eigenvalue weighted by atomic mass is 10.1. The van der Waals surface area contributed by atoms with Gasteiger partial charge in [0.15, 0.2) is 0 Å². The van der Waals surface area contributed by atoms with E-state index >= 15 is 0 Å². The van der Waals surface area contributed by atoms with Gasteiger partial charge in [0.05, 0.1) is 16.7 Å². The Bertz CT molecular complexity index is 667. The molecular formula is C14H10BrN3OS. The van der Waals surface area contributed by atoms with E-state index in [4.69, 9.17) is 11.0 Å². The Kier molecular flexibility index (Phi) is 4.77. The first-order valence-corrected chi connectivity index (χ1v) is 7.35. The minimum absolute atomic E-state index is 0.443. The zero-order chi connectivity index (χ0) is 14.5. The van der Waals surface area contributed by atoms with Crippen LogP contribution in [0.25, 0.3) is 0 Å². The Morgan fingerprint density at radius 1 is 1.35 bits per heavy atom. The maximum absolute atomic E-state index is 11.6. The number of aromatic nitrogens is 1. The fourth-order valence-corrected chi connectivity index (χ4v) is 2.82. The van der Waals surface area contributed by atoms with Gasteiger partial charge < -0.3 is 5.73 Å². The third-order valence-corrected chi connectivity index (χ3v) is 4.27. The van der Waals surface area contributed by atoms with Crippen LogP contribution in [0.15, 0.2) is 52.1 Å². The maximum Gasteiger partial charge on any atom is 0.235 e. The van der Waals surface area contributed by atoms with Crippen molar-refractivity contribution in [3.63, 3.8) is 0 Å². The van der Waals surface area contributed by atoms with Gasteiger partial charge >= 0.3 is 0 Å². The Morgan fingerprint density at radius 3 is 2.65 bits per heavy atom. The molecule has 4 nitrogen and oxygen atoms in total. The van der Waals surface area contributed by atoms with Crippen molar-refractivity contribution >= 4 is 33.6 Å². The van der Waals surface area contributed by atoms with E-state index in [2.05, 4.69) is 20.9 Å². The lowest BCUT2D eigenvalue weighted by Crippen LogP contribution is -2.19. The van der Waals surface area contributed by atoms with Crippen LogP contribution in [0.5, 0.6) is 0 Å². The number of nitrogens with zero attached hydrogens (tertiary/aromatic N) is 2. The molecule has 0 saturated carbocycles. The molecule has 1 aromatic carbocycles. The number of thioether (sulfide) groups is 1. The molecule has 0 aliphatic rings. The van der Waals surface area contributed by atoms with Crippen molar-refractivity contribution in [2.24, 2.45) is 5.73 Å². The number of carbonyl (C=O) groups excluding carboxylic acids is 1. The standard InChI is InChI=1S/C14H10BrN3OS/c15-11-3-1-10(2-4-11)13(14(17)19)20-12-7-9(8-16)5-6-18-12/h1-7,13H,(H2,17,19)/t13-/m0/s1. The predicted octanol–water partition coefficient (Wildman–Crippen LogP) is 3.03. The lowest BCUT2D eigenvalue weighted by molar-refractivity contribution is -0.117. The van der Waals surface area contributed by atoms with Gasteiger partial charge in [0.2, 0.25) is 5.91 Å². The second kappa shape index (κ2) is 6.55. The highest BCUT2D eigenvalue weighted by molar-refractivity contribution is 9.10. The average Bonchev–Trinajstić information content (AvgIpc) is 2.46. The van der Waals surface area contributed by atoms with Crippen LogP contribution in [0.3, 0.4) is 0 Å². The molecule has 0 spiro atoms. The number of halogens is 1. The highest BCUT2D eigenvalue weighted by Crippen LogP contribution is 2.34. The predicted molar refractivity (Wildman–Crippen MR) is 80.9 cm³/mol. The molecule has 100 valence electrons. The first-order chi connectivity index (χ1) is 9.60. The topological polar surface area (TPSA) is 79.8 Å². The van der Waals surface area contributed by atoms with Gasteiger partial charge in [-0.1, -0.05) is 39.8 Å². The highest BCUT2D eigenvalue weighted by atomic mass is 79.9. The van der Waals surface area contributed by atoms with Crippen molar-refractivity contribution in [1.29, 1.82) is 5.26 Å². The Hall–Kier alpha value is -1.84. The molecule has 0 fully saturated rings. The molecule has 2 rings (SSSR count). The zero-order valence-corrected chi connectivity index (χ0v) is 12.7. The van der Waals surface area contributed by atoms with Crippen molar-refractivity contribution in [2.45, 2.75) is 10.3 Å². The number of amides is 1. The highest BCUT2D eigenvalue weighted by Gasteiger charge is 2.20. The molecule has 20 heavy (non-hydrogen) atoms. The van der Waals surface area contributed by atoms with Crippen molar-refractivity contribution < 1.29 is 4.79 Å². The Balaban J connectivity index is 2.28. The van der Waals surface area contributed by atoms with Crippen molar-refractivity contribution in [3.05, 3.63) is 58.2 Å². The van der Waals surface area contributed by atoms with Crippen LogP contribution in [-0.2, 0) is 4.79 Å². The lowest BCUT2D eigenvalue weighted by Gasteiger charge is -2.13. The van der Waals surface area contributed by atoms with E-state index in [-0.39, 0.29) is 0 Å². The van der Waals surface area contributed by atoms with Crippen LogP contribution in [-0.4, -0.2) is 10.9 Å². The summed E-state index contributed by atoms with van der Waals surface area (Å²) in [4.78, 5) is 15.8.